The van der Waals surface area contributed by atoms with Gasteiger partial charge in [-0.1, -0.05) is 53.4 Å². The summed E-state index contributed by atoms with van der Waals surface area (Å²) in [5.41, 5.74) is 0. The lowest BCUT2D eigenvalue weighted by molar-refractivity contribution is -0.145. The fourth-order valence-electron chi connectivity index (χ4n) is 1.25. The van der Waals surface area contributed by atoms with Gasteiger partial charge in [-0.2, -0.15) is 0 Å². The molecule has 3 nitrogen and oxygen atoms in total. The molecule has 0 spiro atoms. The van der Waals surface area contributed by atoms with E-state index < -0.39 is 11.9 Å². The molecule has 102 valence electrons. The Morgan fingerprint density at radius 1 is 1.06 bits per heavy atom. The molecule has 0 aromatic heterocycles. The SMILES string of the molecule is CCC(=O)C(C)C(=O)O.CCCCCC(C)C. The van der Waals surface area contributed by atoms with Crippen molar-refractivity contribution in [1.82, 2.24) is 0 Å². The van der Waals surface area contributed by atoms with E-state index in [0.717, 1.165) is 5.92 Å². The standard InChI is InChI=1S/C8H18.C6H10O3/c1-4-5-6-7-8(2)3;1-3-5(7)4(2)6(8)9/h8H,4-7H2,1-3H3;4H,3H2,1-2H3,(H,8,9). The van der Waals surface area contributed by atoms with Gasteiger partial charge >= 0.3 is 5.97 Å². The fraction of sp³-hybridized carbons (Fsp3) is 0.857. The highest BCUT2D eigenvalue weighted by molar-refractivity contribution is 5.97. The Balaban J connectivity index is 0. The minimum atomic E-state index is -1.04. The third-order valence-corrected chi connectivity index (χ3v) is 2.59. The summed E-state index contributed by atoms with van der Waals surface area (Å²) in [7, 11) is 0. The van der Waals surface area contributed by atoms with Gasteiger partial charge in [0.05, 0.1) is 0 Å². The predicted molar refractivity (Wildman–Crippen MR) is 71.1 cm³/mol. The summed E-state index contributed by atoms with van der Waals surface area (Å²) >= 11 is 0. The summed E-state index contributed by atoms with van der Waals surface area (Å²) in [6.45, 7) is 9.88. The number of unbranched alkanes of at least 4 members (excludes halogenated alkanes) is 2. The number of hydrogen-bond acceptors (Lipinski definition) is 2. The Morgan fingerprint density at radius 2 is 1.59 bits per heavy atom. The molecule has 0 radical (unpaired) electrons. The number of ketones is 1. The molecule has 0 aliphatic heterocycles. The van der Waals surface area contributed by atoms with E-state index in [9.17, 15) is 9.59 Å². The molecule has 0 aliphatic rings. The van der Waals surface area contributed by atoms with E-state index in [1.807, 2.05) is 0 Å². The van der Waals surface area contributed by atoms with Crippen molar-refractivity contribution < 1.29 is 14.7 Å². The average Bonchev–Trinajstić information content (AvgIpc) is 2.27. The maximum atomic E-state index is 10.6. The lowest BCUT2D eigenvalue weighted by Gasteiger charge is -2.00. The summed E-state index contributed by atoms with van der Waals surface area (Å²) in [4.78, 5) is 20.7. The lowest BCUT2D eigenvalue weighted by atomic mass is 10.1. The van der Waals surface area contributed by atoms with Crippen LogP contribution in [0.15, 0.2) is 0 Å². The first-order chi connectivity index (χ1) is 7.86. The molecule has 0 bridgehead atoms. The molecule has 0 rings (SSSR count). The van der Waals surface area contributed by atoms with Gasteiger partial charge in [0.1, 0.15) is 11.7 Å². The molecule has 0 heterocycles. The number of Topliss-reactive ketones (excluding diaryl/α,β-unsaturated/α-hetero) is 1. The second-order valence-corrected chi connectivity index (χ2v) is 4.77. The Labute approximate surface area is 106 Å². The van der Waals surface area contributed by atoms with Crippen molar-refractivity contribution in [2.45, 2.75) is 66.7 Å². The summed E-state index contributed by atoms with van der Waals surface area (Å²) in [6.07, 6.45) is 5.90. The zero-order chi connectivity index (χ0) is 13.8. The quantitative estimate of drug-likeness (QED) is 0.545. The Kier molecular flexibility index (Phi) is 12.6. The van der Waals surface area contributed by atoms with Crippen LogP contribution in [0.5, 0.6) is 0 Å². The van der Waals surface area contributed by atoms with E-state index in [1.54, 1.807) is 6.92 Å². The van der Waals surface area contributed by atoms with Crippen LogP contribution >= 0.6 is 0 Å². The van der Waals surface area contributed by atoms with Crippen LogP contribution in [0.1, 0.15) is 66.7 Å². The number of carboxylic acid groups (broad SMARTS) is 1. The van der Waals surface area contributed by atoms with Crippen molar-refractivity contribution in [3.63, 3.8) is 0 Å². The molecule has 1 atom stereocenters. The average molecular weight is 244 g/mol. The summed E-state index contributed by atoms with van der Waals surface area (Å²) in [5.74, 6) is -1.19. The van der Waals surface area contributed by atoms with Crippen LogP contribution in [-0.2, 0) is 9.59 Å². The molecular formula is C14H28O3. The van der Waals surface area contributed by atoms with Crippen molar-refractivity contribution >= 4 is 11.8 Å². The largest absolute Gasteiger partial charge is 0.481 e. The molecule has 17 heavy (non-hydrogen) atoms. The molecular weight excluding hydrogens is 216 g/mol. The zero-order valence-electron chi connectivity index (χ0n) is 12.0. The number of aliphatic carboxylic acids is 1. The molecule has 1 unspecified atom stereocenters. The van der Waals surface area contributed by atoms with Crippen LogP contribution in [0.4, 0.5) is 0 Å². The number of rotatable bonds is 7. The van der Waals surface area contributed by atoms with E-state index in [-0.39, 0.29) is 5.78 Å². The zero-order valence-corrected chi connectivity index (χ0v) is 12.0. The van der Waals surface area contributed by atoms with Crippen LogP contribution < -0.4 is 0 Å². The minimum absolute atomic E-state index is 0.220. The Hall–Kier alpha value is -0.860. The molecule has 0 aromatic carbocycles. The van der Waals surface area contributed by atoms with E-state index in [1.165, 1.54) is 32.6 Å². The van der Waals surface area contributed by atoms with E-state index >= 15 is 0 Å². The monoisotopic (exact) mass is 244 g/mol. The van der Waals surface area contributed by atoms with Crippen molar-refractivity contribution in [2.24, 2.45) is 11.8 Å². The van der Waals surface area contributed by atoms with Gasteiger partial charge in [0.2, 0.25) is 0 Å². The highest BCUT2D eigenvalue weighted by Crippen LogP contribution is 2.06. The molecule has 0 saturated carbocycles. The highest BCUT2D eigenvalue weighted by Gasteiger charge is 2.17. The topological polar surface area (TPSA) is 54.4 Å². The number of carboxylic acids is 1. The van der Waals surface area contributed by atoms with Gasteiger partial charge in [-0.15, -0.1) is 0 Å². The molecule has 0 aliphatic carbocycles. The first-order valence-corrected chi connectivity index (χ1v) is 6.62. The molecule has 3 heteroatoms. The molecule has 0 fully saturated rings. The van der Waals surface area contributed by atoms with Crippen LogP contribution in [0.2, 0.25) is 0 Å². The number of hydrogen-bond donors (Lipinski definition) is 1. The van der Waals surface area contributed by atoms with Crippen LogP contribution in [0, 0.1) is 11.8 Å². The van der Waals surface area contributed by atoms with E-state index in [2.05, 4.69) is 20.8 Å². The Bertz CT molecular complexity index is 210. The minimum Gasteiger partial charge on any atom is -0.481 e. The summed E-state index contributed by atoms with van der Waals surface area (Å²) in [5, 5.41) is 8.26. The van der Waals surface area contributed by atoms with Gasteiger partial charge in [0.25, 0.3) is 0 Å². The van der Waals surface area contributed by atoms with Crippen LogP contribution in [-0.4, -0.2) is 16.9 Å². The smallest absolute Gasteiger partial charge is 0.313 e. The van der Waals surface area contributed by atoms with Gasteiger partial charge in [-0.05, 0) is 12.8 Å². The highest BCUT2D eigenvalue weighted by atomic mass is 16.4. The first-order valence-electron chi connectivity index (χ1n) is 6.62. The summed E-state index contributed by atoms with van der Waals surface area (Å²) in [6, 6.07) is 0. The predicted octanol–water partition coefficient (Wildman–Crippen LogP) is 3.91. The van der Waals surface area contributed by atoms with Crippen molar-refractivity contribution in [3.05, 3.63) is 0 Å². The molecule has 0 aromatic rings. The maximum Gasteiger partial charge on any atom is 0.313 e. The van der Waals surface area contributed by atoms with Crippen LogP contribution in [0.3, 0.4) is 0 Å². The van der Waals surface area contributed by atoms with Gasteiger partial charge in [-0.25, -0.2) is 0 Å². The molecule has 0 amide bonds. The fourth-order valence-corrected chi connectivity index (χ4v) is 1.25. The van der Waals surface area contributed by atoms with Gasteiger partial charge in [-0.3, -0.25) is 9.59 Å². The summed E-state index contributed by atoms with van der Waals surface area (Å²) < 4.78 is 0. The van der Waals surface area contributed by atoms with Crippen molar-refractivity contribution in [1.29, 1.82) is 0 Å². The second kappa shape index (κ2) is 11.6. The third kappa shape index (κ3) is 13.1. The molecule has 0 saturated heterocycles. The van der Waals surface area contributed by atoms with Gasteiger partial charge in [0.15, 0.2) is 0 Å². The number of carbonyl (C=O) groups excluding carboxylic acids is 1. The van der Waals surface area contributed by atoms with E-state index in [4.69, 9.17) is 5.11 Å². The molecule has 1 N–H and O–H groups in total. The van der Waals surface area contributed by atoms with Gasteiger partial charge in [0, 0.05) is 6.42 Å². The van der Waals surface area contributed by atoms with Gasteiger partial charge < -0.3 is 5.11 Å². The maximum absolute atomic E-state index is 10.6. The third-order valence-electron chi connectivity index (χ3n) is 2.59. The number of carbonyl (C=O) groups is 2. The second-order valence-electron chi connectivity index (χ2n) is 4.77. The van der Waals surface area contributed by atoms with Crippen molar-refractivity contribution in [2.75, 3.05) is 0 Å². The normalized spacial score (nSPS) is 11.6. The lowest BCUT2D eigenvalue weighted by Crippen LogP contribution is -2.19. The van der Waals surface area contributed by atoms with E-state index in [0.29, 0.717) is 6.42 Å². The first kappa shape index (κ1) is 18.5. The van der Waals surface area contributed by atoms with Crippen molar-refractivity contribution in [3.8, 4) is 0 Å². The Morgan fingerprint density at radius 3 is 1.82 bits per heavy atom. The van der Waals surface area contributed by atoms with Crippen LogP contribution in [0.25, 0.3) is 0 Å².